The number of phenols is 1. The van der Waals surface area contributed by atoms with E-state index in [1.54, 1.807) is 7.11 Å². The van der Waals surface area contributed by atoms with Crippen LogP contribution in [0.3, 0.4) is 0 Å². The summed E-state index contributed by atoms with van der Waals surface area (Å²) in [4.78, 5) is 2.55. The quantitative estimate of drug-likeness (QED) is 0.856. The molecule has 19 heavy (non-hydrogen) atoms. The molecule has 0 aromatic heterocycles. The smallest absolute Gasteiger partial charge is 0.115 e. The second-order valence-electron chi connectivity index (χ2n) is 5.43. The molecule has 1 N–H and O–H groups in total. The van der Waals surface area contributed by atoms with Crippen molar-refractivity contribution in [2.24, 2.45) is 0 Å². The molecule has 0 saturated heterocycles. The summed E-state index contributed by atoms with van der Waals surface area (Å²) in [6.07, 6.45) is 3.36. The standard InChI is InChI=1S/C16H25NO2/c1-4-12(2)17(9-10-19-3)16-8-5-13-11-14(18)6-7-15(13)16/h6-7,11-12,16,18H,4-5,8-10H2,1-3H3. The van der Waals surface area contributed by atoms with Crippen LogP contribution in [0.25, 0.3) is 0 Å². The highest BCUT2D eigenvalue weighted by atomic mass is 16.5. The first-order chi connectivity index (χ1) is 9.17. The Morgan fingerprint density at radius 2 is 2.26 bits per heavy atom. The van der Waals surface area contributed by atoms with E-state index in [2.05, 4.69) is 24.8 Å². The van der Waals surface area contributed by atoms with Gasteiger partial charge >= 0.3 is 0 Å². The van der Waals surface area contributed by atoms with Crippen LogP contribution in [-0.2, 0) is 11.2 Å². The Labute approximate surface area is 116 Å². The van der Waals surface area contributed by atoms with Crippen LogP contribution in [0.5, 0.6) is 5.75 Å². The van der Waals surface area contributed by atoms with Gasteiger partial charge < -0.3 is 9.84 Å². The first-order valence-electron chi connectivity index (χ1n) is 7.23. The van der Waals surface area contributed by atoms with Gasteiger partial charge in [-0.25, -0.2) is 0 Å². The molecular formula is C16H25NO2. The number of benzene rings is 1. The van der Waals surface area contributed by atoms with Gasteiger partial charge in [-0.2, -0.15) is 0 Å². The van der Waals surface area contributed by atoms with Crippen LogP contribution >= 0.6 is 0 Å². The zero-order valence-corrected chi connectivity index (χ0v) is 12.2. The van der Waals surface area contributed by atoms with Crippen molar-refractivity contribution in [3.63, 3.8) is 0 Å². The topological polar surface area (TPSA) is 32.7 Å². The number of ether oxygens (including phenoxy) is 1. The molecule has 0 saturated carbocycles. The van der Waals surface area contributed by atoms with Crippen LogP contribution in [0.2, 0.25) is 0 Å². The summed E-state index contributed by atoms with van der Waals surface area (Å²) >= 11 is 0. The SMILES string of the molecule is CCC(C)N(CCOC)C1CCc2cc(O)ccc21. The van der Waals surface area contributed by atoms with E-state index in [0.717, 1.165) is 32.4 Å². The monoisotopic (exact) mass is 263 g/mol. The minimum Gasteiger partial charge on any atom is -0.508 e. The van der Waals surface area contributed by atoms with Gasteiger partial charge in [-0.05, 0) is 49.4 Å². The molecule has 0 amide bonds. The highest BCUT2D eigenvalue weighted by molar-refractivity contribution is 5.40. The fraction of sp³-hybridized carbons (Fsp3) is 0.625. The Kier molecular flexibility index (Phi) is 4.83. The highest BCUT2D eigenvalue weighted by Crippen LogP contribution is 2.38. The second kappa shape index (κ2) is 6.40. The predicted molar refractivity (Wildman–Crippen MR) is 77.5 cm³/mol. The Morgan fingerprint density at radius 1 is 1.47 bits per heavy atom. The van der Waals surface area contributed by atoms with Crippen molar-refractivity contribution in [1.82, 2.24) is 4.90 Å². The number of aryl methyl sites for hydroxylation is 1. The fourth-order valence-corrected chi connectivity index (χ4v) is 3.04. The minimum atomic E-state index is 0.381. The van der Waals surface area contributed by atoms with E-state index in [1.807, 2.05) is 12.1 Å². The Bertz CT molecular complexity index is 419. The van der Waals surface area contributed by atoms with E-state index >= 15 is 0 Å². The molecule has 1 aliphatic carbocycles. The Hall–Kier alpha value is -1.06. The summed E-state index contributed by atoms with van der Waals surface area (Å²) < 4.78 is 5.25. The maximum Gasteiger partial charge on any atom is 0.115 e. The Balaban J connectivity index is 2.20. The molecule has 3 heteroatoms. The third kappa shape index (κ3) is 3.10. The van der Waals surface area contributed by atoms with Crippen molar-refractivity contribution >= 4 is 0 Å². The predicted octanol–water partition coefficient (Wildman–Crippen LogP) is 3.13. The molecule has 2 unspecified atom stereocenters. The summed E-state index contributed by atoms with van der Waals surface area (Å²) in [5.74, 6) is 0.381. The number of aromatic hydroxyl groups is 1. The molecule has 1 aromatic carbocycles. The molecule has 0 radical (unpaired) electrons. The van der Waals surface area contributed by atoms with Crippen molar-refractivity contribution in [2.45, 2.75) is 45.2 Å². The normalized spacial score (nSPS) is 19.7. The van der Waals surface area contributed by atoms with Crippen LogP contribution in [-0.4, -0.2) is 36.3 Å². The van der Waals surface area contributed by atoms with Gasteiger partial charge in [-0.1, -0.05) is 13.0 Å². The number of hydrogen-bond donors (Lipinski definition) is 1. The fourth-order valence-electron chi connectivity index (χ4n) is 3.04. The van der Waals surface area contributed by atoms with Crippen LogP contribution in [0.4, 0.5) is 0 Å². The summed E-state index contributed by atoms with van der Waals surface area (Å²) in [5, 5.41) is 9.58. The maximum atomic E-state index is 9.58. The molecule has 3 nitrogen and oxygen atoms in total. The summed E-state index contributed by atoms with van der Waals surface area (Å²) in [7, 11) is 1.76. The van der Waals surface area contributed by atoms with Gasteiger partial charge in [0.2, 0.25) is 0 Å². The van der Waals surface area contributed by atoms with Gasteiger partial charge in [0.1, 0.15) is 5.75 Å². The molecule has 106 valence electrons. The lowest BCUT2D eigenvalue weighted by Crippen LogP contribution is -2.37. The number of nitrogens with zero attached hydrogens (tertiary/aromatic N) is 1. The number of methoxy groups -OCH3 is 1. The molecule has 1 aliphatic rings. The number of hydrogen-bond acceptors (Lipinski definition) is 3. The molecule has 0 aliphatic heterocycles. The van der Waals surface area contributed by atoms with Crippen molar-refractivity contribution < 1.29 is 9.84 Å². The lowest BCUT2D eigenvalue weighted by molar-refractivity contribution is 0.0878. The third-order valence-corrected chi connectivity index (χ3v) is 4.28. The molecule has 1 aromatic rings. The van der Waals surface area contributed by atoms with Gasteiger partial charge in [0.05, 0.1) is 6.61 Å². The first kappa shape index (κ1) is 14.4. The van der Waals surface area contributed by atoms with Crippen LogP contribution in [0, 0.1) is 0 Å². The van der Waals surface area contributed by atoms with Crippen molar-refractivity contribution in [1.29, 1.82) is 0 Å². The number of rotatable bonds is 6. The summed E-state index contributed by atoms with van der Waals surface area (Å²) in [6, 6.07) is 6.84. The van der Waals surface area contributed by atoms with E-state index in [0.29, 0.717) is 17.8 Å². The molecule has 0 fully saturated rings. The van der Waals surface area contributed by atoms with Crippen LogP contribution < -0.4 is 0 Å². The van der Waals surface area contributed by atoms with Crippen molar-refractivity contribution in [2.75, 3.05) is 20.3 Å². The van der Waals surface area contributed by atoms with E-state index in [1.165, 1.54) is 11.1 Å². The summed E-state index contributed by atoms with van der Waals surface area (Å²) in [5.41, 5.74) is 2.69. The highest BCUT2D eigenvalue weighted by Gasteiger charge is 2.30. The van der Waals surface area contributed by atoms with Crippen LogP contribution in [0.15, 0.2) is 18.2 Å². The van der Waals surface area contributed by atoms with Crippen molar-refractivity contribution in [3.8, 4) is 5.75 Å². The largest absolute Gasteiger partial charge is 0.508 e. The van der Waals surface area contributed by atoms with Crippen LogP contribution in [0.1, 0.15) is 43.9 Å². The molecule has 2 rings (SSSR count). The molecule has 2 atom stereocenters. The molecule has 0 spiro atoms. The average molecular weight is 263 g/mol. The zero-order chi connectivity index (χ0) is 13.8. The minimum absolute atomic E-state index is 0.381. The van der Waals surface area contributed by atoms with Gasteiger partial charge in [0.25, 0.3) is 0 Å². The average Bonchev–Trinajstić information content (AvgIpc) is 2.81. The van der Waals surface area contributed by atoms with Gasteiger partial charge in [-0.15, -0.1) is 0 Å². The van der Waals surface area contributed by atoms with Gasteiger partial charge in [0, 0.05) is 25.7 Å². The number of fused-ring (bicyclic) bond motifs is 1. The van der Waals surface area contributed by atoms with E-state index in [9.17, 15) is 5.11 Å². The van der Waals surface area contributed by atoms with Gasteiger partial charge in [0.15, 0.2) is 0 Å². The number of phenolic OH excluding ortho intramolecular Hbond substituents is 1. The first-order valence-corrected chi connectivity index (χ1v) is 7.23. The second-order valence-corrected chi connectivity index (χ2v) is 5.43. The third-order valence-electron chi connectivity index (χ3n) is 4.28. The lowest BCUT2D eigenvalue weighted by Gasteiger charge is -2.34. The molecular weight excluding hydrogens is 238 g/mol. The molecule has 0 bridgehead atoms. The van der Waals surface area contributed by atoms with E-state index in [4.69, 9.17) is 4.74 Å². The van der Waals surface area contributed by atoms with E-state index in [-0.39, 0.29) is 0 Å². The lowest BCUT2D eigenvalue weighted by atomic mass is 10.0. The Morgan fingerprint density at radius 3 is 2.95 bits per heavy atom. The van der Waals surface area contributed by atoms with Crippen molar-refractivity contribution in [3.05, 3.63) is 29.3 Å². The van der Waals surface area contributed by atoms with E-state index < -0.39 is 0 Å². The summed E-state index contributed by atoms with van der Waals surface area (Å²) in [6.45, 7) is 6.26. The van der Waals surface area contributed by atoms with Gasteiger partial charge in [-0.3, -0.25) is 4.90 Å². The zero-order valence-electron chi connectivity index (χ0n) is 12.2. The molecule has 0 heterocycles. The maximum absolute atomic E-state index is 9.58.